The molecule has 1 N–H and O–H groups in total. The minimum absolute atomic E-state index is 0. The van der Waals surface area contributed by atoms with Crippen molar-refractivity contribution in [2.24, 2.45) is 0 Å². The van der Waals surface area contributed by atoms with Crippen molar-refractivity contribution in [3.05, 3.63) is 0 Å². The molecule has 0 amide bonds. The van der Waals surface area contributed by atoms with Gasteiger partial charge in [-0.2, -0.15) is 33.7 Å². The summed E-state index contributed by atoms with van der Waals surface area (Å²) in [4.78, 5) is 0. The Morgan fingerprint density at radius 1 is 0.367 bits per heavy atom. The maximum absolute atomic E-state index is 11.3. The molecule has 0 aromatic carbocycles. The van der Waals surface area contributed by atoms with E-state index in [1.165, 1.54) is 0 Å². The van der Waals surface area contributed by atoms with Gasteiger partial charge in [0.05, 0.1) is 77.9 Å². The molecule has 0 aliphatic heterocycles. The quantitative estimate of drug-likeness (QED) is 0.0195. The van der Waals surface area contributed by atoms with Crippen LogP contribution in [0.4, 0.5) is 0 Å². The first kappa shape index (κ1) is 89.5. The van der Waals surface area contributed by atoms with Crippen LogP contribution >= 0.6 is 43.2 Å². The second kappa shape index (κ2) is 46.8. The third kappa shape index (κ3) is 88.6. The molecular formula is C31H69NaO33S14. The maximum atomic E-state index is 11.3. The molecule has 0 fully saturated rings. The van der Waals surface area contributed by atoms with E-state index in [0.29, 0.717) is 43.2 Å². The molecule has 79 heavy (non-hydrogen) atoms. The Morgan fingerprint density at radius 2 is 0.557 bits per heavy atom. The summed E-state index contributed by atoms with van der Waals surface area (Å²) in [7, 11) is -29.3. The summed E-state index contributed by atoms with van der Waals surface area (Å²) < 4.78 is 267. The molecule has 0 aromatic heterocycles. The predicted octanol–water partition coefficient (Wildman–Crippen LogP) is -5.56. The van der Waals surface area contributed by atoms with Gasteiger partial charge in [-0.25, -0.2) is 50.4 Å². The zero-order valence-electron chi connectivity index (χ0n) is 44.6. The Bertz CT molecular complexity index is 2290. The number of rotatable bonds is 44. The molecule has 476 valence electrons. The van der Waals surface area contributed by atoms with E-state index in [4.69, 9.17) is 52.5 Å². The fraction of sp³-hybridized carbons (Fsp3) is 1.00. The van der Waals surface area contributed by atoms with Crippen molar-refractivity contribution in [3.8, 4) is 0 Å². The molecule has 0 bridgehead atoms. The minimum Gasteiger partial charge on any atom is -0.770 e. The van der Waals surface area contributed by atoms with Crippen LogP contribution in [0.25, 0.3) is 0 Å². The van der Waals surface area contributed by atoms with Crippen molar-refractivity contribution in [3.63, 3.8) is 0 Å². The van der Waals surface area contributed by atoms with Crippen molar-refractivity contribution in [1.29, 1.82) is 0 Å². The molecule has 0 aliphatic rings. The van der Waals surface area contributed by atoms with Crippen LogP contribution in [0.5, 0.6) is 0 Å². The largest absolute Gasteiger partial charge is 1.00 e. The standard InChI is InChI=1S/C14H30O17S4.C14H30O13S8.C2H6O.CH4O2S2.Na/c2*1-32(15,16)28-9-24-7-13(26-11-30-34(3,19)20)5-23-6-14(27-12-31-35(4,21)22)8-25-10-29-33(2,17)18;1-2-3;1-5(2,3)4;/h2*13-14H,5-12H2,1-4H3;3H,2H2,1H3;1H3,(H,2,3,4);/q;;;;+1/p-1. The van der Waals surface area contributed by atoms with Crippen LogP contribution in [-0.2, 0) is 160 Å². The van der Waals surface area contributed by atoms with Gasteiger partial charge in [0.1, 0.15) is 48.2 Å². The number of hydrogen-bond donors (Lipinski definition) is 1. The summed E-state index contributed by atoms with van der Waals surface area (Å²) in [5, 5.41) is 7.57. The average molecular weight is 1440 g/mol. The number of hydrogen-bond acceptors (Lipinski definition) is 38. The molecule has 0 spiro atoms. The van der Waals surface area contributed by atoms with E-state index in [2.05, 4.69) is 27.9 Å². The van der Waals surface area contributed by atoms with E-state index >= 15 is 0 Å². The molecule has 5 atom stereocenters. The van der Waals surface area contributed by atoms with Crippen LogP contribution in [0.15, 0.2) is 0 Å². The van der Waals surface area contributed by atoms with E-state index in [-0.39, 0.29) is 113 Å². The molecule has 0 saturated carbocycles. The molecule has 0 aromatic rings. The molecular weight excluding hydrogens is 1370 g/mol. The smallest absolute Gasteiger partial charge is 0.770 e. The first-order valence-corrected chi connectivity index (χ1v) is 44.0. The monoisotopic (exact) mass is 1440 g/mol. The van der Waals surface area contributed by atoms with Gasteiger partial charge in [-0.1, -0.05) is 0 Å². The van der Waals surface area contributed by atoms with E-state index in [9.17, 15) is 76.1 Å². The Balaban J connectivity index is -0.000000401. The van der Waals surface area contributed by atoms with E-state index in [0.717, 1.165) is 56.3 Å². The summed E-state index contributed by atoms with van der Waals surface area (Å²) in [6, 6.07) is 0. The molecule has 0 heterocycles. The van der Waals surface area contributed by atoms with Gasteiger partial charge in [0, 0.05) is 37.9 Å². The molecule has 0 rings (SSSR count). The molecule has 33 nitrogen and oxygen atoms in total. The van der Waals surface area contributed by atoms with E-state index in [1.807, 2.05) is 0 Å². The van der Waals surface area contributed by atoms with E-state index in [1.54, 1.807) is 6.92 Å². The number of ether oxygens (including phenoxy) is 10. The predicted molar refractivity (Wildman–Crippen MR) is 292 cm³/mol. The molecule has 0 radical (unpaired) electrons. The Morgan fingerprint density at radius 3 is 0.785 bits per heavy atom. The molecule has 5 unspecified atom stereocenters. The number of aliphatic hydroxyl groups excluding tert-OH is 1. The third-order valence-corrected chi connectivity index (χ3v) is 17.2. The van der Waals surface area contributed by atoms with Gasteiger partial charge in [-0.3, -0.25) is 4.21 Å². The number of aliphatic hydroxyl groups is 1. The van der Waals surface area contributed by atoms with Crippen LogP contribution in [0.3, 0.4) is 0 Å². The van der Waals surface area contributed by atoms with Gasteiger partial charge in [0.15, 0.2) is 27.2 Å². The van der Waals surface area contributed by atoms with Gasteiger partial charge >= 0.3 is 29.6 Å². The fourth-order valence-corrected chi connectivity index (χ4v) is 8.60. The summed E-state index contributed by atoms with van der Waals surface area (Å²) in [5.41, 5.74) is 0. The van der Waals surface area contributed by atoms with Gasteiger partial charge in [0.2, 0.25) is 35.5 Å². The topological polar surface area (TPSA) is 463 Å². The van der Waals surface area contributed by atoms with Crippen LogP contribution < -0.4 is 29.6 Å². The maximum Gasteiger partial charge on any atom is 1.00 e. The summed E-state index contributed by atoms with van der Waals surface area (Å²) in [6.07, 6.45) is 4.84. The second-order valence-electron chi connectivity index (χ2n) is 14.3. The third-order valence-electron chi connectivity index (χ3n) is 6.08. The second-order valence-corrected chi connectivity index (χ2v) is 41.7. The summed E-state index contributed by atoms with van der Waals surface area (Å²) in [6.45, 7) is -2.26. The zero-order valence-corrected chi connectivity index (χ0v) is 58.0. The van der Waals surface area contributed by atoms with Crippen molar-refractivity contribution in [1.82, 2.24) is 0 Å². The van der Waals surface area contributed by atoms with Crippen LogP contribution in [-0.4, -0.2) is 272 Å². The Hall–Kier alpha value is 1.73. The fourth-order valence-electron chi connectivity index (χ4n) is 3.29. The Kier molecular flexibility index (Phi) is 53.0. The normalized spacial score (nSPS) is 15.0. The van der Waals surface area contributed by atoms with Crippen LogP contribution in [0.1, 0.15) is 6.92 Å². The Labute approximate surface area is 506 Å². The van der Waals surface area contributed by atoms with Crippen molar-refractivity contribution in [2.45, 2.75) is 31.3 Å². The molecule has 48 heteroatoms. The zero-order chi connectivity index (χ0) is 61.6. The van der Waals surface area contributed by atoms with E-state index < -0.39 is 136 Å². The molecule has 0 saturated heterocycles. The van der Waals surface area contributed by atoms with Gasteiger partial charge in [-0.05, 0) is 70.1 Å². The summed E-state index contributed by atoms with van der Waals surface area (Å²) in [5.74, 6) is -0.769. The van der Waals surface area contributed by atoms with Gasteiger partial charge in [0.25, 0.3) is 40.5 Å². The van der Waals surface area contributed by atoms with Crippen LogP contribution in [0, 0.1) is 0 Å². The first-order chi connectivity index (χ1) is 35.1. The molecule has 0 aliphatic carbocycles. The van der Waals surface area contributed by atoms with Crippen molar-refractivity contribution in [2.75, 3.05) is 167 Å². The van der Waals surface area contributed by atoms with Gasteiger partial charge in [-0.15, -0.1) is 0 Å². The van der Waals surface area contributed by atoms with Crippen molar-refractivity contribution < 1.29 is 175 Å². The minimum atomic E-state index is -3.81. The van der Waals surface area contributed by atoms with Crippen molar-refractivity contribution >= 4 is 139 Å². The SMILES string of the molecule is CCO.CS(=O)(=O)OCOCC(COCC(COCOS(C)(=O)=O)OCOS(C)(=O)=O)OCOS(C)(=O)=O.CS(=O)(=O)SCOCC(COCC(COCSS(C)(=O)=O)OCSS(C)(=O)=O)OCSS(C)(=O)=O.CS(=O)([O-])=S.[Na+]. The van der Waals surface area contributed by atoms with Gasteiger partial charge < -0.3 is 57.0 Å². The first-order valence-electron chi connectivity index (χ1n) is 20.3. The summed E-state index contributed by atoms with van der Waals surface area (Å²) >= 11 is 3.80. The average Bonchev–Trinajstić information content (AvgIpc) is 3.20. The van der Waals surface area contributed by atoms with Crippen LogP contribution in [0.2, 0.25) is 0 Å².